The third kappa shape index (κ3) is 2.72. The van der Waals surface area contributed by atoms with E-state index in [9.17, 15) is 8.42 Å². The summed E-state index contributed by atoms with van der Waals surface area (Å²) in [6.07, 6.45) is -0.694. The molecule has 1 heterocycles. The Morgan fingerprint density at radius 3 is 2.94 bits per heavy atom. The first-order valence-corrected chi connectivity index (χ1v) is 7.54. The molecule has 18 heavy (non-hydrogen) atoms. The van der Waals surface area contributed by atoms with E-state index in [0.717, 1.165) is 0 Å². The van der Waals surface area contributed by atoms with E-state index in [1.54, 1.807) is 18.2 Å². The highest BCUT2D eigenvalue weighted by molar-refractivity contribution is 9.10. The van der Waals surface area contributed by atoms with Crippen molar-refractivity contribution in [2.24, 2.45) is 0 Å². The van der Waals surface area contributed by atoms with Gasteiger partial charge in [0.15, 0.2) is 6.10 Å². The smallest absolute Gasteiger partial charge is 0.243 e. The van der Waals surface area contributed by atoms with Gasteiger partial charge >= 0.3 is 0 Å². The van der Waals surface area contributed by atoms with Crippen molar-refractivity contribution in [3.8, 4) is 6.07 Å². The van der Waals surface area contributed by atoms with Gasteiger partial charge in [0, 0.05) is 11.0 Å². The number of hydrogen-bond donors (Lipinski definition) is 0. The summed E-state index contributed by atoms with van der Waals surface area (Å²) >= 11 is 3.24. The van der Waals surface area contributed by atoms with Gasteiger partial charge in [-0.25, -0.2) is 8.42 Å². The van der Waals surface area contributed by atoms with Crippen molar-refractivity contribution in [1.82, 2.24) is 4.31 Å². The molecule has 1 saturated heterocycles. The van der Waals surface area contributed by atoms with Gasteiger partial charge < -0.3 is 4.74 Å². The van der Waals surface area contributed by atoms with Gasteiger partial charge in [-0.3, -0.25) is 0 Å². The van der Waals surface area contributed by atoms with Crippen LogP contribution in [-0.2, 0) is 14.8 Å². The molecule has 0 aliphatic carbocycles. The number of benzene rings is 1. The van der Waals surface area contributed by atoms with Crippen LogP contribution in [0.5, 0.6) is 0 Å². The Bertz CT molecular complexity index is 582. The lowest BCUT2D eigenvalue weighted by Crippen LogP contribution is -2.44. The summed E-state index contributed by atoms with van der Waals surface area (Å²) < 4.78 is 31.8. The number of morpholine rings is 1. The molecule has 0 saturated carbocycles. The second-order valence-corrected chi connectivity index (χ2v) is 6.66. The fraction of sp³-hybridized carbons (Fsp3) is 0.364. The first kappa shape index (κ1) is 13.5. The van der Waals surface area contributed by atoms with E-state index < -0.39 is 16.1 Å². The number of ether oxygens (including phenoxy) is 1. The minimum atomic E-state index is -3.56. The lowest BCUT2D eigenvalue weighted by molar-refractivity contribution is 0.0311. The molecular weight excluding hydrogens is 320 g/mol. The third-order valence-electron chi connectivity index (χ3n) is 2.61. The molecule has 0 amide bonds. The summed E-state index contributed by atoms with van der Waals surface area (Å²) in [5, 5.41) is 8.79. The zero-order chi connectivity index (χ0) is 13.2. The zero-order valence-electron chi connectivity index (χ0n) is 9.41. The minimum absolute atomic E-state index is 0.0747. The molecule has 0 bridgehead atoms. The Hall–Kier alpha value is -0.940. The van der Waals surface area contributed by atoms with Crippen LogP contribution in [0.25, 0.3) is 0 Å². The monoisotopic (exact) mass is 330 g/mol. The van der Waals surface area contributed by atoms with Gasteiger partial charge in [0.1, 0.15) is 0 Å². The number of halogens is 1. The predicted octanol–water partition coefficient (Wildman–Crippen LogP) is 1.36. The maximum absolute atomic E-state index is 12.3. The van der Waals surface area contributed by atoms with Crippen molar-refractivity contribution in [2.45, 2.75) is 11.0 Å². The van der Waals surface area contributed by atoms with Crippen LogP contribution in [0, 0.1) is 11.3 Å². The number of hydrogen-bond acceptors (Lipinski definition) is 4. The van der Waals surface area contributed by atoms with Crippen LogP contribution >= 0.6 is 15.9 Å². The average molecular weight is 331 g/mol. The largest absolute Gasteiger partial charge is 0.361 e. The zero-order valence-corrected chi connectivity index (χ0v) is 11.8. The van der Waals surface area contributed by atoms with Gasteiger partial charge in [0.05, 0.1) is 24.1 Å². The van der Waals surface area contributed by atoms with Crippen molar-refractivity contribution in [2.75, 3.05) is 19.7 Å². The molecule has 96 valence electrons. The van der Waals surface area contributed by atoms with Crippen molar-refractivity contribution >= 4 is 26.0 Å². The van der Waals surface area contributed by atoms with E-state index in [0.29, 0.717) is 4.47 Å². The van der Waals surface area contributed by atoms with Crippen LogP contribution in [0.4, 0.5) is 0 Å². The molecule has 0 spiro atoms. The predicted molar refractivity (Wildman–Crippen MR) is 68.3 cm³/mol. The van der Waals surface area contributed by atoms with Gasteiger partial charge in [-0.15, -0.1) is 0 Å². The van der Waals surface area contributed by atoms with Crippen LogP contribution in [0.1, 0.15) is 0 Å². The van der Waals surface area contributed by atoms with E-state index in [2.05, 4.69) is 15.9 Å². The van der Waals surface area contributed by atoms with E-state index in [1.165, 1.54) is 10.4 Å². The van der Waals surface area contributed by atoms with Crippen molar-refractivity contribution < 1.29 is 13.2 Å². The molecule has 1 aliphatic heterocycles. The quantitative estimate of drug-likeness (QED) is 0.820. The molecular formula is C11H11BrN2O3S. The van der Waals surface area contributed by atoms with Gasteiger partial charge in [-0.05, 0) is 18.2 Å². The van der Waals surface area contributed by atoms with E-state index >= 15 is 0 Å². The Kier molecular flexibility index (Phi) is 4.02. The summed E-state index contributed by atoms with van der Waals surface area (Å²) in [6.45, 7) is 0.587. The van der Waals surface area contributed by atoms with Gasteiger partial charge in [-0.2, -0.15) is 9.57 Å². The van der Waals surface area contributed by atoms with Crippen molar-refractivity contribution in [1.29, 1.82) is 5.26 Å². The van der Waals surface area contributed by atoms with Crippen LogP contribution in [0.2, 0.25) is 0 Å². The molecule has 7 heteroatoms. The minimum Gasteiger partial charge on any atom is -0.361 e. The summed E-state index contributed by atoms with van der Waals surface area (Å²) in [4.78, 5) is 0.218. The molecule has 0 radical (unpaired) electrons. The average Bonchev–Trinajstić information content (AvgIpc) is 2.39. The lowest BCUT2D eigenvalue weighted by atomic mass is 10.3. The molecule has 1 aliphatic rings. The highest BCUT2D eigenvalue weighted by Gasteiger charge is 2.30. The maximum Gasteiger partial charge on any atom is 0.243 e. The lowest BCUT2D eigenvalue weighted by Gasteiger charge is -2.28. The van der Waals surface area contributed by atoms with Crippen LogP contribution in [-0.4, -0.2) is 38.5 Å². The van der Waals surface area contributed by atoms with E-state index in [4.69, 9.17) is 10.00 Å². The van der Waals surface area contributed by atoms with Crippen molar-refractivity contribution in [3.63, 3.8) is 0 Å². The third-order valence-corrected chi connectivity index (χ3v) is 4.96. The second kappa shape index (κ2) is 5.36. The van der Waals surface area contributed by atoms with Gasteiger partial charge in [0.2, 0.25) is 10.0 Å². The van der Waals surface area contributed by atoms with E-state index in [1.807, 2.05) is 6.07 Å². The Morgan fingerprint density at radius 2 is 2.28 bits per heavy atom. The number of rotatable bonds is 2. The molecule has 0 N–H and O–H groups in total. The Morgan fingerprint density at radius 1 is 1.50 bits per heavy atom. The SMILES string of the molecule is N#CC1CN(S(=O)(=O)c2cccc(Br)c2)CCO1. The summed E-state index contributed by atoms with van der Waals surface area (Å²) in [5.74, 6) is 0. The van der Waals surface area contributed by atoms with Crippen LogP contribution < -0.4 is 0 Å². The summed E-state index contributed by atoms with van der Waals surface area (Å²) in [7, 11) is -3.56. The number of nitrogens with zero attached hydrogens (tertiary/aromatic N) is 2. The summed E-state index contributed by atoms with van der Waals surface area (Å²) in [6, 6.07) is 8.44. The highest BCUT2D eigenvalue weighted by atomic mass is 79.9. The van der Waals surface area contributed by atoms with Crippen LogP contribution in [0.3, 0.4) is 0 Å². The standard InChI is InChI=1S/C11H11BrN2O3S/c12-9-2-1-3-11(6-9)18(15,16)14-4-5-17-10(7-13)8-14/h1-3,6,10H,4-5,8H2. The molecule has 1 aromatic rings. The first-order chi connectivity index (χ1) is 8.54. The molecule has 1 fully saturated rings. The second-order valence-electron chi connectivity index (χ2n) is 3.81. The summed E-state index contributed by atoms with van der Waals surface area (Å²) in [5.41, 5.74) is 0. The van der Waals surface area contributed by atoms with Crippen molar-refractivity contribution in [3.05, 3.63) is 28.7 Å². The fourth-order valence-electron chi connectivity index (χ4n) is 1.70. The topological polar surface area (TPSA) is 70.4 Å². The molecule has 5 nitrogen and oxygen atoms in total. The molecule has 0 aromatic heterocycles. The first-order valence-electron chi connectivity index (χ1n) is 5.31. The van der Waals surface area contributed by atoms with E-state index in [-0.39, 0.29) is 24.6 Å². The molecule has 2 rings (SSSR count). The molecule has 1 atom stereocenters. The number of sulfonamides is 1. The molecule has 1 aromatic carbocycles. The van der Waals surface area contributed by atoms with Gasteiger partial charge in [-0.1, -0.05) is 22.0 Å². The number of nitriles is 1. The molecule has 1 unspecified atom stereocenters. The Balaban J connectivity index is 2.29. The fourth-order valence-corrected chi connectivity index (χ4v) is 3.72. The van der Waals surface area contributed by atoms with Crippen LogP contribution in [0.15, 0.2) is 33.6 Å². The maximum atomic E-state index is 12.3. The van der Waals surface area contributed by atoms with Gasteiger partial charge in [0.25, 0.3) is 0 Å². The Labute approximate surface area is 114 Å². The highest BCUT2D eigenvalue weighted by Crippen LogP contribution is 2.21. The normalized spacial score (nSPS) is 21.4.